The molecule has 1 aliphatic heterocycles. The lowest BCUT2D eigenvalue weighted by Crippen LogP contribution is -2.21. The van der Waals surface area contributed by atoms with Gasteiger partial charge in [0.05, 0.1) is 6.07 Å². The number of fused-ring (bicyclic) bond motifs is 1. The van der Waals surface area contributed by atoms with Crippen LogP contribution < -0.4 is 0 Å². The second-order valence-corrected chi connectivity index (χ2v) is 3.54. The quantitative estimate of drug-likeness (QED) is 0.618. The highest BCUT2D eigenvalue weighted by Crippen LogP contribution is 2.32. The third-order valence-electron chi connectivity index (χ3n) is 2.56. The molecule has 1 atom stereocenters. The molecule has 1 unspecified atom stereocenters. The van der Waals surface area contributed by atoms with Gasteiger partial charge < -0.3 is 4.90 Å². The number of hydrogen-bond donors (Lipinski definition) is 0. The van der Waals surface area contributed by atoms with Crippen molar-refractivity contribution in [1.29, 1.82) is 5.26 Å². The standard InChI is InChI=1S/C11H10N2O/c1-7-3-4-8-9(5-7)10(6-12)13(2)11(8)14/h3-5,10H,1-2H3. The molecule has 0 aromatic heterocycles. The van der Waals surface area contributed by atoms with Crippen LogP contribution in [0.1, 0.15) is 27.5 Å². The Kier molecular flexibility index (Phi) is 1.78. The molecule has 0 saturated carbocycles. The molecular weight excluding hydrogens is 176 g/mol. The van der Waals surface area contributed by atoms with E-state index in [9.17, 15) is 4.79 Å². The number of aryl methyl sites for hydroxylation is 1. The van der Waals surface area contributed by atoms with Gasteiger partial charge in [0, 0.05) is 18.2 Å². The smallest absolute Gasteiger partial charge is 0.255 e. The average Bonchev–Trinajstić information content (AvgIpc) is 2.39. The van der Waals surface area contributed by atoms with Gasteiger partial charge in [-0.2, -0.15) is 5.26 Å². The summed E-state index contributed by atoms with van der Waals surface area (Å²) in [7, 11) is 1.66. The summed E-state index contributed by atoms with van der Waals surface area (Å²) < 4.78 is 0. The Morgan fingerprint density at radius 1 is 1.50 bits per heavy atom. The fourth-order valence-corrected chi connectivity index (χ4v) is 1.78. The Labute approximate surface area is 82.6 Å². The molecule has 0 saturated heterocycles. The minimum absolute atomic E-state index is 0.0634. The van der Waals surface area contributed by atoms with Crippen molar-refractivity contribution < 1.29 is 4.79 Å². The Hall–Kier alpha value is -1.82. The number of hydrogen-bond acceptors (Lipinski definition) is 2. The summed E-state index contributed by atoms with van der Waals surface area (Å²) >= 11 is 0. The molecule has 0 fully saturated rings. The predicted molar refractivity (Wildman–Crippen MR) is 51.6 cm³/mol. The molecule has 2 rings (SSSR count). The fraction of sp³-hybridized carbons (Fsp3) is 0.273. The first-order valence-electron chi connectivity index (χ1n) is 4.42. The van der Waals surface area contributed by atoms with Crippen LogP contribution >= 0.6 is 0 Å². The van der Waals surface area contributed by atoms with Crippen LogP contribution in [0.2, 0.25) is 0 Å². The third kappa shape index (κ3) is 1.01. The van der Waals surface area contributed by atoms with Crippen molar-refractivity contribution in [3.05, 3.63) is 34.9 Å². The first-order valence-corrected chi connectivity index (χ1v) is 4.42. The molecule has 3 nitrogen and oxygen atoms in total. The lowest BCUT2D eigenvalue weighted by molar-refractivity contribution is 0.0800. The van der Waals surface area contributed by atoms with Gasteiger partial charge in [0.25, 0.3) is 5.91 Å². The predicted octanol–water partition coefficient (Wildman–Crippen LogP) is 1.65. The highest BCUT2D eigenvalue weighted by atomic mass is 16.2. The minimum Gasteiger partial charge on any atom is -0.322 e. The van der Waals surface area contributed by atoms with E-state index in [1.54, 1.807) is 13.1 Å². The van der Waals surface area contributed by atoms with Crippen molar-refractivity contribution in [1.82, 2.24) is 4.90 Å². The van der Waals surface area contributed by atoms with Gasteiger partial charge in [-0.1, -0.05) is 17.7 Å². The SMILES string of the molecule is Cc1ccc2c(c1)C(C#N)N(C)C2=O. The summed E-state index contributed by atoms with van der Waals surface area (Å²) in [5.74, 6) is -0.0634. The van der Waals surface area contributed by atoms with Crippen LogP contribution in [-0.2, 0) is 0 Å². The van der Waals surface area contributed by atoms with E-state index in [2.05, 4.69) is 6.07 Å². The van der Waals surface area contributed by atoms with E-state index in [0.717, 1.165) is 11.1 Å². The van der Waals surface area contributed by atoms with Crippen LogP contribution in [0.15, 0.2) is 18.2 Å². The lowest BCUT2D eigenvalue weighted by Gasteiger charge is -2.12. The van der Waals surface area contributed by atoms with Crippen molar-refractivity contribution in [3.8, 4) is 6.07 Å². The van der Waals surface area contributed by atoms with Crippen LogP contribution in [-0.4, -0.2) is 17.9 Å². The average molecular weight is 186 g/mol. The van der Waals surface area contributed by atoms with Crippen molar-refractivity contribution in [2.45, 2.75) is 13.0 Å². The van der Waals surface area contributed by atoms with Gasteiger partial charge >= 0.3 is 0 Å². The molecule has 0 bridgehead atoms. The summed E-state index contributed by atoms with van der Waals surface area (Å²) in [6, 6.07) is 7.31. The zero-order valence-corrected chi connectivity index (χ0v) is 8.11. The zero-order valence-electron chi connectivity index (χ0n) is 8.11. The molecule has 1 aromatic rings. The number of nitriles is 1. The van der Waals surface area contributed by atoms with Crippen LogP contribution in [0.4, 0.5) is 0 Å². The molecule has 70 valence electrons. The normalized spacial score (nSPS) is 19.4. The van der Waals surface area contributed by atoms with E-state index in [1.165, 1.54) is 4.90 Å². The summed E-state index contributed by atoms with van der Waals surface area (Å²) in [5, 5.41) is 8.95. The van der Waals surface area contributed by atoms with Crippen molar-refractivity contribution in [2.75, 3.05) is 7.05 Å². The molecule has 0 spiro atoms. The molecule has 1 aromatic carbocycles. The molecule has 0 radical (unpaired) electrons. The number of rotatable bonds is 0. The second kappa shape index (κ2) is 2.85. The van der Waals surface area contributed by atoms with Crippen molar-refractivity contribution in [3.63, 3.8) is 0 Å². The maximum Gasteiger partial charge on any atom is 0.255 e. The van der Waals surface area contributed by atoms with Crippen molar-refractivity contribution in [2.24, 2.45) is 0 Å². The Morgan fingerprint density at radius 3 is 2.86 bits per heavy atom. The van der Waals surface area contributed by atoms with Crippen molar-refractivity contribution >= 4 is 5.91 Å². The molecule has 0 aliphatic carbocycles. The van der Waals surface area contributed by atoms with Gasteiger partial charge in [-0.25, -0.2) is 0 Å². The second-order valence-electron chi connectivity index (χ2n) is 3.54. The van der Waals surface area contributed by atoms with E-state index in [-0.39, 0.29) is 5.91 Å². The summed E-state index contributed by atoms with van der Waals surface area (Å²) in [6.45, 7) is 1.96. The van der Waals surface area contributed by atoms with Gasteiger partial charge in [-0.05, 0) is 13.0 Å². The topological polar surface area (TPSA) is 44.1 Å². The van der Waals surface area contributed by atoms with E-state index in [4.69, 9.17) is 5.26 Å². The van der Waals surface area contributed by atoms with Crippen LogP contribution in [0.3, 0.4) is 0 Å². The Morgan fingerprint density at radius 2 is 2.21 bits per heavy atom. The molecule has 1 amide bonds. The lowest BCUT2D eigenvalue weighted by atomic mass is 10.0. The monoisotopic (exact) mass is 186 g/mol. The van der Waals surface area contributed by atoms with E-state index in [1.807, 2.05) is 19.1 Å². The van der Waals surface area contributed by atoms with Crippen LogP contribution in [0.25, 0.3) is 0 Å². The summed E-state index contributed by atoms with van der Waals surface area (Å²) in [6.07, 6.45) is 0. The highest BCUT2D eigenvalue weighted by Gasteiger charge is 2.33. The zero-order chi connectivity index (χ0) is 10.3. The first-order chi connectivity index (χ1) is 6.65. The van der Waals surface area contributed by atoms with E-state index < -0.39 is 6.04 Å². The maximum atomic E-state index is 11.7. The first kappa shape index (κ1) is 8.76. The van der Waals surface area contributed by atoms with E-state index >= 15 is 0 Å². The third-order valence-corrected chi connectivity index (χ3v) is 2.56. The van der Waals surface area contributed by atoms with Gasteiger partial charge in [-0.15, -0.1) is 0 Å². The van der Waals surface area contributed by atoms with Gasteiger partial charge in [-0.3, -0.25) is 4.79 Å². The van der Waals surface area contributed by atoms with Crippen LogP contribution in [0, 0.1) is 18.3 Å². The minimum atomic E-state index is -0.419. The Bertz CT molecular complexity index is 445. The molecule has 1 aliphatic rings. The molecule has 0 N–H and O–H groups in total. The van der Waals surface area contributed by atoms with Gasteiger partial charge in [0.15, 0.2) is 0 Å². The summed E-state index contributed by atoms with van der Waals surface area (Å²) in [4.78, 5) is 13.1. The van der Waals surface area contributed by atoms with Crippen LogP contribution in [0.5, 0.6) is 0 Å². The molecule has 14 heavy (non-hydrogen) atoms. The van der Waals surface area contributed by atoms with Gasteiger partial charge in [0.2, 0.25) is 0 Å². The number of benzene rings is 1. The maximum absolute atomic E-state index is 11.7. The molecule has 3 heteroatoms. The number of carbonyl (C=O) groups excluding carboxylic acids is 1. The Balaban J connectivity index is 2.63. The fourth-order valence-electron chi connectivity index (χ4n) is 1.78. The van der Waals surface area contributed by atoms with E-state index in [0.29, 0.717) is 5.56 Å². The summed E-state index contributed by atoms with van der Waals surface area (Å²) in [5.41, 5.74) is 2.57. The number of amides is 1. The number of nitrogens with zero attached hydrogens (tertiary/aromatic N) is 2. The van der Waals surface area contributed by atoms with Gasteiger partial charge in [0.1, 0.15) is 6.04 Å². The molecular formula is C11H10N2O. The largest absolute Gasteiger partial charge is 0.322 e. The number of carbonyl (C=O) groups is 1. The highest BCUT2D eigenvalue weighted by molar-refractivity contribution is 5.99. The molecule has 1 heterocycles.